The number of carbonyl (C=O) groups excluding carboxylic acids is 2. The summed E-state index contributed by atoms with van der Waals surface area (Å²) in [5, 5.41) is 3.80. The van der Waals surface area contributed by atoms with Gasteiger partial charge in [-0.25, -0.2) is 4.98 Å². The van der Waals surface area contributed by atoms with Gasteiger partial charge in [0.2, 0.25) is 5.91 Å². The lowest BCUT2D eigenvalue weighted by Crippen LogP contribution is -2.64. The van der Waals surface area contributed by atoms with Crippen molar-refractivity contribution in [2.75, 3.05) is 0 Å². The van der Waals surface area contributed by atoms with Crippen molar-refractivity contribution < 1.29 is 14.3 Å². The topological polar surface area (TPSA) is 101 Å². The number of nitrogens with zero attached hydrogens (tertiary/aromatic N) is 1. The van der Waals surface area contributed by atoms with Gasteiger partial charge in [0.15, 0.2) is 11.9 Å². The minimum atomic E-state index is -0.642. The summed E-state index contributed by atoms with van der Waals surface area (Å²) in [4.78, 5) is 47.1. The molecule has 2 heterocycles. The van der Waals surface area contributed by atoms with E-state index in [1.165, 1.54) is 11.3 Å². The molecule has 0 aliphatic heterocycles. The molecule has 2 aromatic rings. The van der Waals surface area contributed by atoms with E-state index in [1.807, 2.05) is 13.8 Å². The molecule has 166 valence electrons. The molecule has 7 nitrogen and oxygen atoms in total. The van der Waals surface area contributed by atoms with Crippen LogP contribution in [0.25, 0.3) is 10.2 Å². The SMILES string of the molecule is CC(=O)NC12C[C@H]3C[C@@H](C1)CC(C(=O)O[C@H](C)c1nc4sc(C)c(C)c4c(=O)[nH]1)(C3)C2. The Balaban J connectivity index is 1.40. The molecular formula is C23H29N3O4S. The average molecular weight is 444 g/mol. The van der Waals surface area contributed by atoms with E-state index in [2.05, 4.69) is 15.3 Å². The maximum absolute atomic E-state index is 13.5. The molecule has 5 atom stereocenters. The van der Waals surface area contributed by atoms with Gasteiger partial charge in [0.25, 0.3) is 5.56 Å². The number of rotatable bonds is 4. The van der Waals surface area contributed by atoms with Gasteiger partial charge in [0.05, 0.1) is 10.8 Å². The molecular weight excluding hydrogens is 414 g/mol. The molecule has 4 bridgehead atoms. The van der Waals surface area contributed by atoms with Crippen LogP contribution in [0, 0.1) is 31.1 Å². The van der Waals surface area contributed by atoms with Gasteiger partial charge in [0, 0.05) is 17.3 Å². The van der Waals surface area contributed by atoms with Gasteiger partial charge in [-0.3, -0.25) is 14.4 Å². The number of hydrogen-bond donors (Lipinski definition) is 2. The molecule has 31 heavy (non-hydrogen) atoms. The number of thiophene rings is 1. The van der Waals surface area contributed by atoms with Crippen LogP contribution in [-0.4, -0.2) is 27.4 Å². The van der Waals surface area contributed by atoms with Crippen molar-refractivity contribution >= 4 is 33.4 Å². The predicted molar refractivity (Wildman–Crippen MR) is 118 cm³/mol. The normalized spacial score (nSPS) is 32.3. The first kappa shape index (κ1) is 20.7. The highest BCUT2D eigenvalue weighted by molar-refractivity contribution is 7.18. The lowest BCUT2D eigenvalue weighted by atomic mass is 9.47. The standard InChI is InChI=1S/C23H29N3O4S/c1-11-13(3)31-20-17(11)19(28)24-18(25-20)12(2)30-21(29)22-6-15-5-16(7-22)9-23(8-15,10-22)26-14(4)27/h12,15-16H,5-10H2,1-4H3,(H,26,27)(H,24,25,28)/t12-,15-,16+,22?,23?/m1/s1. The number of esters is 1. The summed E-state index contributed by atoms with van der Waals surface area (Å²) in [7, 11) is 0. The zero-order valence-electron chi connectivity index (χ0n) is 18.5. The molecule has 4 aliphatic carbocycles. The number of aromatic amines is 1. The van der Waals surface area contributed by atoms with E-state index in [9.17, 15) is 14.4 Å². The van der Waals surface area contributed by atoms with Gasteiger partial charge in [-0.2, -0.15) is 0 Å². The number of aromatic nitrogens is 2. The van der Waals surface area contributed by atoms with Crippen LogP contribution in [-0.2, 0) is 14.3 Å². The van der Waals surface area contributed by atoms with Gasteiger partial charge in [0.1, 0.15) is 4.83 Å². The van der Waals surface area contributed by atoms with Crippen LogP contribution >= 0.6 is 11.3 Å². The second-order valence-corrected chi connectivity index (χ2v) is 11.4. The van der Waals surface area contributed by atoms with Crippen molar-refractivity contribution in [3.05, 3.63) is 26.6 Å². The third kappa shape index (κ3) is 3.30. The van der Waals surface area contributed by atoms with E-state index >= 15 is 0 Å². The highest BCUT2D eigenvalue weighted by Crippen LogP contribution is 2.62. The van der Waals surface area contributed by atoms with E-state index in [0.29, 0.717) is 34.3 Å². The number of nitrogens with one attached hydrogen (secondary N) is 2. The predicted octanol–water partition coefficient (Wildman–Crippen LogP) is 3.68. The van der Waals surface area contributed by atoms with Gasteiger partial charge in [-0.1, -0.05) is 0 Å². The number of amides is 1. The average Bonchev–Trinajstić information content (AvgIpc) is 2.93. The molecule has 6 rings (SSSR count). The number of hydrogen-bond acceptors (Lipinski definition) is 6. The van der Waals surface area contributed by atoms with Crippen molar-refractivity contribution in [1.29, 1.82) is 0 Å². The van der Waals surface area contributed by atoms with Crippen molar-refractivity contribution in [2.45, 2.75) is 77.9 Å². The zero-order chi connectivity index (χ0) is 22.1. The molecule has 0 radical (unpaired) electrons. The van der Waals surface area contributed by atoms with Crippen LogP contribution in [0.1, 0.15) is 74.7 Å². The Labute approximate surface area is 185 Å². The van der Waals surface area contributed by atoms with Crippen LogP contribution < -0.4 is 10.9 Å². The first-order valence-corrected chi connectivity index (χ1v) is 11.9. The van der Waals surface area contributed by atoms with Gasteiger partial charge < -0.3 is 15.0 Å². The van der Waals surface area contributed by atoms with Crippen LogP contribution in [0.5, 0.6) is 0 Å². The third-order valence-electron chi connectivity index (χ3n) is 7.66. The molecule has 0 saturated heterocycles. The molecule has 4 saturated carbocycles. The highest BCUT2D eigenvalue weighted by Gasteiger charge is 2.61. The van der Waals surface area contributed by atoms with Crippen molar-refractivity contribution in [3.63, 3.8) is 0 Å². The Morgan fingerprint density at radius 3 is 2.55 bits per heavy atom. The van der Waals surface area contributed by atoms with E-state index < -0.39 is 11.5 Å². The number of H-pyrrole nitrogens is 1. The number of fused-ring (bicyclic) bond motifs is 1. The van der Waals surface area contributed by atoms with Crippen molar-refractivity contribution in [1.82, 2.24) is 15.3 Å². The molecule has 2 unspecified atom stereocenters. The Kier molecular flexibility index (Phi) is 4.59. The van der Waals surface area contributed by atoms with E-state index in [4.69, 9.17) is 4.74 Å². The van der Waals surface area contributed by atoms with Crippen LogP contribution in [0.15, 0.2) is 4.79 Å². The molecule has 8 heteroatoms. The smallest absolute Gasteiger partial charge is 0.312 e. The fourth-order valence-electron chi connectivity index (χ4n) is 6.83. The largest absolute Gasteiger partial charge is 0.454 e. The van der Waals surface area contributed by atoms with Crippen LogP contribution in [0.2, 0.25) is 0 Å². The summed E-state index contributed by atoms with van der Waals surface area (Å²) in [5.41, 5.74) is -0.0808. The fourth-order valence-corrected chi connectivity index (χ4v) is 7.86. The molecule has 4 aliphatic rings. The lowest BCUT2D eigenvalue weighted by Gasteiger charge is -2.60. The van der Waals surface area contributed by atoms with Crippen LogP contribution in [0.4, 0.5) is 0 Å². The monoisotopic (exact) mass is 443 g/mol. The van der Waals surface area contributed by atoms with E-state index in [-0.39, 0.29) is 23.0 Å². The first-order valence-electron chi connectivity index (χ1n) is 11.1. The maximum atomic E-state index is 13.5. The van der Waals surface area contributed by atoms with Crippen LogP contribution in [0.3, 0.4) is 0 Å². The minimum absolute atomic E-state index is 0.0320. The Bertz CT molecular complexity index is 1140. The molecule has 2 N–H and O–H groups in total. The summed E-state index contributed by atoms with van der Waals surface area (Å²) < 4.78 is 5.93. The number of aryl methyl sites for hydroxylation is 2. The minimum Gasteiger partial charge on any atom is -0.454 e. The molecule has 4 fully saturated rings. The van der Waals surface area contributed by atoms with E-state index in [1.54, 1.807) is 13.8 Å². The Morgan fingerprint density at radius 1 is 1.23 bits per heavy atom. The lowest BCUT2D eigenvalue weighted by molar-refractivity contribution is -0.181. The molecule has 1 amide bonds. The second-order valence-electron chi connectivity index (χ2n) is 10.2. The highest BCUT2D eigenvalue weighted by atomic mass is 32.1. The van der Waals surface area contributed by atoms with E-state index in [0.717, 1.165) is 42.5 Å². The van der Waals surface area contributed by atoms with Crippen molar-refractivity contribution in [3.8, 4) is 0 Å². The summed E-state index contributed by atoms with van der Waals surface area (Å²) >= 11 is 1.48. The third-order valence-corrected chi connectivity index (χ3v) is 8.76. The maximum Gasteiger partial charge on any atom is 0.312 e. The quantitative estimate of drug-likeness (QED) is 0.702. The van der Waals surface area contributed by atoms with Crippen molar-refractivity contribution in [2.24, 2.45) is 17.3 Å². The summed E-state index contributed by atoms with van der Waals surface area (Å²) in [6.07, 6.45) is 4.69. The second kappa shape index (κ2) is 6.89. The van der Waals surface area contributed by atoms with Gasteiger partial charge >= 0.3 is 5.97 Å². The zero-order valence-corrected chi connectivity index (χ0v) is 19.3. The number of carbonyl (C=O) groups is 2. The molecule has 0 aromatic carbocycles. The molecule has 2 aromatic heterocycles. The molecule has 0 spiro atoms. The number of ether oxygens (including phenoxy) is 1. The summed E-state index contributed by atoms with van der Waals surface area (Å²) in [6, 6.07) is 0. The van der Waals surface area contributed by atoms with Gasteiger partial charge in [-0.15, -0.1) is 11.3 Å². The Hall–Kier alpha value is -2.22. The summed E-state index contributed by atoms with van der Waals surface area (Å²) in [6.45, 7) is 7.21. The van der Waals surface area contributed by atoms with Gasteiger partial charge in [-0.05, 0) is 76.7 Å². The first-order chi connectivity index (χ1) is 14.6. The Morgan fingerprint density at radius 2 is 1.90 bits per heavy atom. The fraction of sp³-hybridized carbons (Fsp3) is 0.652. The summed E-state index contributed by atoms with van der Waals surface area (Å²) in [5.74, 6) is 1.03.